The summed E-state index contributed by atoms with van der Waals surface area (Å²) in [5, 5.41) is 3.87. The minimum atomic E-state index is -0.468. The van der Waals surface area contributed by atoms with Crippen molar-refractivity contribution in [1.82, 2.24) is 10.3 Å². The molecule has 3 rings (SSSR count). The first kappa shape index (κ1) is 23.3. The Kier molecular flexibility index (Phi) is 8.13. The molecule has 0 saturated heterocycles. The summed E-state index contributed by atoms with van der Waals surface area (Å²) in [5.74, 6) is 0.894. The summed E-state index contributed by atoms with van der Waals surface area (Å²) in [6, 6.07) is 8.75. The van der Waals surface area contributed by atoms with Gasteiger partial charge < -0.3 is 14.8 Å². The van der Waals surface area contributed by atoms with Crippen LogP contribution < -0.4 is 14.8 Å². The number of hydrogen-bond acceptors (Lipinski definition) is 4. The monoisotopic (exact) mass is 448 g/mol. The molecule has 1 aromatic heterocycles. The van der Waals surface area contributed by atoms with Gasteiger partial charge >= 0.3 is 0 Å². The highest BCUT2D eigenvalue weighted by Gasteiger charge is 2.31. The Morgan fingerprint density at radius 3 is 2.55 bits per heavy atom. The number of halogens is 2. The molecule has 1 amide bonds. The van der Waals surface area contributed by atoms with E-state index in [1.807, 2.05) is 26.0 Å². The normalized spacial score (nSPS) is 19.0. The predicted octanol–water partition coefficient (Wildman–Crippen LogP) is 5.57. The summed E-state index contributed by atoms with van der Waals surface area (Å²) >= 11 is 5.87. The number of benzene rings is 1. The second-order valence-corrected chi connectivity index (χ2v) is 9.13. The number of hydrogen-bond donors (Lipinski definition) is 1. The van der Waals surface area contributed by atoms with E-state index in [1.54, 1.807) is 12.1 Å². The van der Waals surface area contributed by atoms with Crippen LogP contribution in [-0.2, 0) is 4.79 Å². The van der Waals surface area contributed by atoms with Gasteiger partial charge in [-0.25, -0.2) is 4.39 Å². The molecule has 0 unspecified atom stereocenters. The fourth-order valence-electron chi connectivity index (χ4n) is 3.70. The van der Waals surface area contributed by atoms with Crippen molar-refractivity contribution in [1.29, 1.82) is 0 Å². The van der Waals surface area contributed by atoms with Crippen LogP contribution in [0.1, 0.15) is 52.4 Å². The third kappa shape index (κ3) is 7.39. The molecule has 5 nitrogen and oxygen atoms in total. The lowest BCUT2D eigenvalue weighted by molar-refractivity contribution is -0.130. The van der Waals surface area contributed by atoms with Crippen molar-refractivity contribution in [3.63, 3.8) is 0 Å². The number of pyridine rings is 1. The number of nitrogens with zero attached hydrogens (tertiary/aromatic N) is 1. The Balaban J connectivity index is 1.36. The molecule has 1 N–H and O–H groups in total. The van der Waals surface area contributed by atoms with Crippen molar-refractivity contribution in [2.45, 2.75) is 64.5 Å². The van der Waals surface area contributed by atoms with Gasteiger partial charge in [0.1, 0.15) is 17.3 Å². The maximum atomic E-state index is 13.2. The van der Waals surface area contributed by atoms with E-state index in [0.717, 1.165) is 50.5 Å². The standard InChI is InChI=1S/C24H30ClFN2O3/c1-24(2,12-3-13-30-20-8-4-17(25)5-9-20)23(29)28-19-6-10-21(11-7-19)31-22-14-18(26)15-27-16-22/h4-5,8-9,14-16,19,21H,3,6-7,10-13H2,1-2H3,(H,28,29). The third-order valence-electron chi connectivity index (χ3n) is 5.64. The molecule has 7 heteroatoms. The van der Waals surface area contributed by atoms with Crippen molar-refractivity contribution in [3.05, 3.63) is 53.6 Å². The van der Waals surface area contributed by atoms with E-state index in [9.17, 15) is 9.18 Å². The Morgan fingerprint density at radius 2 is 1.87 bits per heavy atom. The van der Waals surface area contributed by atoms with Crippen LogP contribution in [0.2, 0.25) is 5.02 Å². The van der Waals surface area contributed by atoms with E-state index in [4.69, 9.17) is 21.1 Å². The summed E-state index contributed by atoms with van der Waals surface area (Å²) < 4.78 is 24.8. The molecule has 1 aromatic carbocycles. The maximum Gasteiger partial charge on any atom is 0.225 e. The van der Waals surface area contributed by atoms with Crippen LogP contribution in [0.25, 0.3) is 0 Å². The average Bonchev–Trinajstić information content (AvgIpc) is 2.74. The number of amides is 1. The fraction of sp³-hybridized carbons (Fsp3) is 0.500. The lowest BCUT2D eigenvalue weighted by atomic mass is 9.85. The Hall–Kier alpha value is -2.34. The highest BCUT2D eigenvalue weighted by molar-refractivity contribution is 6.30. The molecule has 0 radical (unpaired) electrons. The first-order valence-electron chi connectivity index (χ1n) is 10.8. The topological polar surface area (TPSA) is 60.5 Å². The zero-order chi connectivity index (χ0) is 22.3. The van der Waals surface area contributed by atoms with Crippen LogP contribution in [0.5, 0.6) is 11.5 Å². The minimum Gasteiger partial charge on any atom is -0.494 e. The van der Waals surface area contributed by atoms with Crippen LogP contribution in [0.4, 0.5) is 4.39 Å². The van der Waals surface area contributed by atoms with Gasteiger partial charge in [-0.15, -0.1) is 0 Å². The van der Waals surface area contributed by atoms with Crippen LogP contribution in [0.15, 0.2) is 42.7 Å². The molecule has 1 aliphatic carbocycles. The van der Waals surface area contributed by atoms with Crippen molar-refractivity contribution in [2.75, 3.05) is 6.61 Å². The van der Waals surface area contributed by atoms with Gasteiger partial charge in [-0.2, -0.15) is 0 Å². The van der Waals surface area contributed by atoms with E-state index in [2.05, 4.69) is 10.3 Å². The molecular weight excluding hydrogens is 419 g/mol. The molecule has 0 bridgehead atoms. The highest BCUT2D eigenvalue weighted by atomic mass is 35.5. The summed E-state index contributed by atoms with van der Waals surface area (Å²) in [6.07, 6.45) is 7.54. The lowest BCUT2D eigenvalue weighted by Gasteiger charge is -2.32. The van der Waals surface area contributed by atoms with E-state index in [1.165, 1.54) is 12.3 Å². The molecule has 1 heterocycles. The fourth-order valence-corrected chi connectivity index (χ4v) is 3.83. The van der Waals surface area contributed by atoms with Gasteiger partial charge in [-0.05, 0) is 62.8 Å². The van der Waals surface area contributed by atoms with Crippen LogP contribution in [-0.4, -0.2) is 29.6 Å². The van der Waals surface area contributed by atoms with Gasteiger partial charge in [0.2, 0.25) is 5.91 Å². The van der Waals surface area contributed by atoms with Gasteiger partial charge in [0.25, 0.3) is 0 Å². The largest absolute Gasteiger partial charge is 0.494 e. The third-order valence-corrected chi connectivity index (χ3v) is 5.89. The quantitative estimate of drug-likeness (QED) is 0.510. The zero-order valence-corrected chi connectivity index (χ0v) is 18.8. The number of carbonyl (C=O) groups is 1. The Labute approximate surface area is 188 Å². The van der Waals surface area contributed by atoms with Crippen LogP contribution >= 0.6 is 11.6 Å². The number of ether oxygens (including phenoxy) is 2. The van der Waals surface area contributed by atoms with Gasteiger partial charge in [-0.3, -0.25) is 9.78 Å². The van der Waals surface area contributed by atoms with E-state index < -0.39 is 11.2 Å². The predicted molar refractivity (Wildman–Crippen MR) is 119 cm³/mol. The Bertz CT molecular complexity index is 852. The van der Waals surface area contributed by atoms with Gasteiger partial charge in [0.15, 0.2) is 0 Å². The van der Waals surface area contributed by atoms with Crippen molar-refractivity contribution in [2.24, 2.45) is 5.41 Å². The summed E-state index contributed by atoms with van der Waals surface area (Å²) in [6.45, 7) is 4.49. The van der Waals surface area contributed by atoms with Crippen molar-refractivity contribution < 1.29 is 18.7 Å². The number of aromatic nitrogens is 1. The van der Waals surface area contributed by atoms with Gasteiger partial charge in [0, 0.05) is 22.5 Å². The molecule has 0 spiro atoms. The average molecular weight is 449 g/mol. The zero-order valence-electron chi connectivity index (χ0n) is 18.1. The van der Waals surface area contributed by atoms with Crippen molar-refractivity contribution >= 4 is 17.5 Å². The molecule has 1 saturated carbocycles. The molecule has 31 heavy (non-hydrogen) atoms. The second-order valence-electron chi connectivity index (χ2n) is 8.69. The van der Waals surface area contributed by atoms with Gasteiger partial charge in [-0.1, -0.05) is 25.4 Å². The number of carbonyl (C=O) groups excluding carboxylic acids is 1. The maximum absolute atomic E-state index is 13.2. The van der Waals surface area contributed by atoms with E-state index in [0.29, 0.717) is 17.4 Å². The molecule has 0 atom stereocenters. The van der Waals surface area contributed by atoms with Crippen LogP contribution in [0, 0.1) is 11.2 Å². The first-order chi connectivity index (χ1) is 14.8. The first-order valence-corrected chi connectivity index (χ1v) is 11.2. The van der Waals surface area contributed by atoms with E-state index in [-0.39, 0.29) is 18.1 Å². The molecule has 0 aliphatic heterocycles. The minimum absolute atomic E-state index is 0.0229. The molecule has 1 fully saturated rings. The lowest BCUT2D eigenvalue weighted by Crippen LogP contribution is -2.45. The summed E-state index contributed by atoms with van der Waals surface area (Å²) in [5.41, 5.74) is -0.468. The number of rotatable bonds is 9. The molecular formula is C24H30ClFN2O3. The molecule has 2 aromatic rings. The molecule has 1 aliphatic rings. The smallest absolute Gasteiger partial charge is 0.225 e. The summed E-state index contributed by atoms with van der Waals surface area (Å²) in [4.78, 5) is 16.6. The molecule has 168 valence electrons. The highest BCUT2D eigenvalue weighted by Crippen LogP contribution is 2.27. The Morgan fingerprint density at radius 1 is 1.16 bits per heavy atom. The van der Waals surface area contributed by atoms with Crippen molar-refractivity contribution in [3.8, 4) is 11.5 Å². The number of nitrogens with one attached hydrogen (secondary N) is 1. The summed E-state index contributed by atoms with van der Waals surface area (Å²) in [7, 11) is 0. The van der Waals surface area contributed by atoms with Gasteiger partial charge in [0.05, 0.1) is 25.1 Å². The second kappa shape index (κ2) is 10.8. The SMILES string of the molecule is CC(C)(CCCOc1ccc(Cl)cc1)C(=O)NC1CCC(Oc2cncc(F)c2)CC1. The van der Waals surface area contributed by atoms with E-state index >= 15 is 0 Å². The van der Waals surface area contributed by atoms with Crippen LogP contribution in [0.3, 0.4) is 0 Å².